The fraction of sp³-hybridized carbons (Fsp3) is 0.462. The molecule has 7 N–H and O–H groups in total. The fourth-order valence-electron chi connectivity index (χ4n) is 8.89. The highest BCUT2D eigenvalue weighted by molar-refractivity contribution is 6.71. The highest BCUT2D eigenvalue weighted by atomic mass is 28.4. The first kappa shape index (κ1) is 38.2. The van der Waals surface area contributed by atoms with Gasteiger partial charge in [0.15, 0.2) is 26.3 Å². The number of anilines is 2. The summed E-state index contributed by atoms with van der Waals surface area (Å²) in [7, 11) is -3.05. The molecule has 14 nitrogen and oxygen atoms in total. The molecular weight excluding hydrogens is 715 g/mol. The number of amides is 3. The summed E-state index contributed by atoms with van der Waals surface area (Å²) < 4.78 is 11.9. The third-order valence-electron chi connectivity index (χ3n) is 11.6. The van der Waals surface area contributed by atoms with E-state index in [1.54, 1.807) is 47.2 Å². The van der Waals surface area contributed by atoms with Crippen molar-refractivity contribution < 1.29 is 54.2 Å². The van der Waals surface area contributed by atoms with Crippen molar-refractivity contribution in [3.8, 4) is 0 Å². The van der Waals surface area contributed by atoms with Crippen LogP contribution < -0.4 is 10.2 Å². The van der Waals surface area contributed by atoms with Gasteiger partial charge in [-0.1, -0.05) is 61.5 Å². The number of fused-ring (bicyclic) bond motifs is 3. The van der Waals surface area contributed by atoms with Crippen molar-refractivity contribution in [3.63, 3.8) is 0 Å². The lowest BCUT2D eigenvalue weighted by Gasteiger charge is -2.37. The summed E-state index contributed by atoms with van der Waals surface area (Å²) in [5.41, 5.74) is 2.52. The number of carbonyl (C=O) groups excluding carboxylic acids is 3. The first-order valence-corrected chi connectivity index (χ1v) is 21.2. The van der Waals surface area contributed by atoms with Crippen LogP contribution in [-0.4, -0.2) is 111 Å². The molecule has 4 aliphatic heterocycles. The van der Waals surface area contributed by atoms with Gasteiger partial charge in [0.05, 0.1) is 37.4 Å². The van der Waals surface area contributed by atoms with Crippen LogP contribution >= 0.6 is 0 Å². The van der Waals surface area contributed by atoms with E-state index >= 15 is 0 Å². The molecule has 0 saturated carbocycles. The number of nitrogens with zero attached hydrogens (tertiary/aromatic N) is 2. The normalized spacial score (nSPS) is 32.1. The monoisotopic (exact) mass is 761 g/mol. The van der Waals surface area contributed by atoms with E-state index in [1.807, 2.05) is 55.5 Å². The van der Waals surface area contributed by atoms with Gasteiger partial charge in [-0.3, -0.25) is 14.4 Å². The maximum atomic E-state index is 14.8. The molecule has 0 aromatic heterocycles. The van der Waals surface area contributed by atoms with Gasteiger partial charge in [-0.2, -0.15) is 0 Å². The standard InChI is InChI=1S/C39H47N3O11Si/c1-21-35(54(2,3)51)29(17-30(44)41-19-24-9-5-4-8-23(24)16-26(41)20-43)53-39(21)27-10-6-7-11-28(27)42(38(39)50)18-22-12-14-25(15-13-22)40-36(48)34-32(46)31(45)33(47)37(49)52-34/h4-15,21,26,29,31-35,37,43,45-47,49,51H,16-20H2,1-3H3,(H,40,48)/t21-,26+,29+,31+,32+,33-,34+,35-,37-,39+/m1/s1. The fourth-order valence-corrected chi connectivity index (χ4v) is 11.4. The number of hydrogen-bond acceptors (Lipinski definition) is 11. The molecule has 15 heteroatoms. The Hall–Kier alpha value is -4.03. The van der Waals surface area contributed by atoms with Crippen molar-refractivity contribution in [1.82, 2.24) is 4.90 Å². The Bertz CT molecular complexity index is 1910. The molecule has 0 bridgehead atoms. The molecule has 3 amide bonds. The minimum Gasteiger partial charge on any atom is -0.432 e. The lowest BCUT2D eigenvalue weighted by Crippen LogP contribution is -2.60. The average Bonchev–Trinajstić information content (AvgIpc) is 3.58. The van der Waals surface area contributed by atoms with E-state index in [2.05, 4.69) is 5.32 Å². The molecule has 4 heterocycles. The number of aliphatic hydroxyl groups is 5. The molecule has 2 saturated heterocycles. The van der Waals surface area contributed by atoms with Crippen LogP contribution in [-0.2, 0) is 49.0 Å². The van der Waals surface area contributed by atoms with Gasteiger partial charge in [0.1, 0.15) is 18.3 Å². The van der Waals surface area contributed by atoms with Crippen LogP contribution in [0.4, 0.5) is 11.4 Å². The SMILES string of the molecule is C[C@@H]1[C@@H]([Si](C)(C)O)[C@H](CC(=O)N2Cc3ccccc3C[C@H]2CO)O[C@@]12C(=O)N(Cc1ccc(NC(=O)[C@H]3O[C@@H](O)[C@H](O)[C@@H](O)[C@@H]3O)cc1)c1ccccc12. The second-order valence-corrected chi connectivity index (χ2v) is 19.4. The van der Waals surface area contributed by atoms with Crippen LogP contribution in [0.3, 0.4) is 0 Å². The van der Waals surface area contributed by atoms with Gasteiger partial charge >= 0.3 is 0 Å². The van der Waals surface area contributed by atoms with Gasteiger partial charge in [0.25, 0.3) is 11.8 Å². The van der Waals surface area contributed by atoms with Gasteiger partial charge in [-0.15, -0.1) is 0 Å². The highest BCUT2D eigenvalue weighted by Gasteiger charge is 2.66. The molecule has 3 aromatic rings. The van der Waals surface area contributed by atoms with E-state index in [4.69, 9.17) is 9.47 Å². The lowest BCUT2D eigenvalue weighted by molar-refractivity contribution is -0.274. The maximum absolute atomic E-state index is 14.8. The molecule has 7 rings (SSSR count). The van der Waals surface area contributed by atoms with Gasteiger partial charge in [-0.05, 0) is 54.4 Å². The molecule has 2 fully saturated rings. The Morgan fingerprint density at radius 3 is 2.28 bits per heavy atom. The summed E-state index contributed by atoms with van der Waals surface area (Å²) in [4.78, 5) is 56.7. The van der Waals surface area contributed by atoms with Gasteiger partial charge in [0.2, 0.25) is 5.91 Å². The molecule has 4 aliphatic rings. The number of rotatable bonds is 8. The molecule has 54 heavy (non-hydrogen) atoms. The maximum Gasteiger partial charge on any atom is 0.264 e. The zero-order valence-electron chi connectivity index (χ0n) is 30.3. The summed E-state index contributed by atoms with van der Waals surface area (Å²) in [5.74, 6) is -1.84. The Morgan fingerprint density at radius 2 is 1.59 bits per heavy atom. The van der Waals surface area contributed by atoms with Crippen molar-refractivity contribution in [1.29, 1.82) is 0 Å². The van der Waals surface area contributed by atoms with Crippen LogP contribution in [0, 0.1) is 5.92 Å². The second kappa shape index (κ2) is 14.6. The van der Waals surface area contributed by atoms with Gasteiger partial charge in [-0.25, -0.2) is 0 Å². The minimum atomic E-state index is -3.05. The molecule has 0 aliphatic carbocycles. The van der Waals surface area contributed by atoms with Crippen molar-refractivity contribution in [2.24, 2.45) is 5.92 Å². The first-order valence-electron chi connectivity index (χ1n) is 18.2. The van der Waals surface area contributed by atoms with E-state index in [0.29, 0.717) is 35.5 Å². The summed E-state index contributed by atoms with van der Waals surface area (Å²) in [5, 5.41) is 52.6. The zero-order valence-corrected chi connectivity index (χ0v) is 31.3. The molecule has 288 valence electrons. The van der Waals surface area contributed by atoms with E-state index < -0.39 is 74.1 Å². The quantitative estimate of drug-likeness (QED) is 0.162. The molecule has 10 atom stereocenters. The van der Waals surface area contributed by atoms with E-state index in [1.165, 1.54) is 0 Å². The van der Waals surface area contributed by atoms with Crippen LogP contribution in [0.15, 0.2) is 72.8 Å². The first-order chi connectivity index (χ1) is 25.6. The summed E-state index contributed by atoms with van der Waals surface area (Å²) >= 11 is 0. The van der Waals surface area contributed by atoms with Crippen LogP contribution in [0.25, 0.3) is 0 Å². The predicted octanol–water partition coefficient (Wildman–Crippen LogP) is 1.11. The average molecular weight is 762 g/mol. The number of hydrogen-bond donors (Lipinski definition) is 7. The van der Waals surface area contributed by atoms with E-state index in [9.17, 15) is 44.7 Å². The Balaban J connectivity index is 1.11. The van der Waals surface area contributed by atoms with E-state index in [-0.39, 0.29) is 31.4 Å². The van der Waals surface area contributed by atoms with Crippen LogP contribution in [0.2, 0.25) is 18.6 Å². The Labute approximate surface area is 313 Å². The number of nitrogens with one attached hydrogen (secondary N) is 1. The van der Waals surface area contributed by atoms with Crippen molar-refractivity contribution in [3.05, 3.63) is 95.1 Å². The second-order valence-electron chi connectivity index (χ2n) is 15.4. The van der Waals surface area contributed by atoms with Gasteiger partial charge < -0.3 is 54.9 Å². The minimum absolute atomic E-state index is 0.0591. The highest BCUT2D eigenvalue weighted by Crippen LogP contribution is 2.59. The molecule has 0 radical (unpaired) electrons. The zero-order chi connectivity index (χ0) is 38.7. The molecular formula is C39H47N3O11Si. The van der Waals surface area contributed by atoms with Crippen molar-refractivity contribution >= 4 is 37.4 Å². The summed E-state index contributed by atoms with van der Waals surface area (Å²) in [6.45, 7) is 5.82. The van der Waals surface area contributed by atoms with Crippen molar-refractivity contribution in [2.75, 3.05) is 16.8 Å². The van der Waals surface area contributed by atoms with Crippen LogP contribution in [0.1, 0.15) is 35.6 Å². The van der Waals surface area contributed by atoms with Crippen molar-refractivity contribution in [2.45, 2.75) is 99.9 Å². The number of para-hydroxylation sites is 1. The smallest absolute Gasteiger partial charge is 0.264 e. The third-order valence-corrected chi connectivity index (χ3v) is 14.1. The van der Waals surface area contributed by atoms with Gasteiger partial charge in [0, 0.05) is 29.3 Å². The third kappa shape index (κ3) is 6.56. The number of ether oxygens (including phenoxy) is 2. The Kier molecular flexibility index (Phi) is 10.3. The topological polar surface area (TPSA) is 210 Å². The number of carbonyl (C=O) groups is 3. The van der Waals surface area contributed by atoms with Crippen LogP contribution in [0.5, 0.6) is 0 Å². The molecule has 0 unspecified atom stereocenters. The van der Waals surface area contributed by atoms with E-state index in [0.717, 1.165) is 11.1 Å². The summed E-state index contributed by atoms with van der Waals surface area (Å²) in [6.07, 6.45) is -9.11. The predicted molar refractivity (Wildman–Crippen MR) is 197 cm³/mol. The lowest BCUT2D eigenvalue weighted by atomic mass is 9.82. The Morgan fingerprint density at radius 1 is 0.926 bits per heavy atom. The number of benzene rings is 3. The largest absolute Gasteiger partial charge is 0.432 e. The molecule has 3 aromatic carbocycles. The summed E-state index contributed by atoms with van der Waals surface area (Å²) in [6, 6.07) is 21.4. The number of aliphatic hydroxyl groups excluding tert-OH is 5. The molecule has 1 spiro atoms.